The number of hydrogen-bond donors (Lipinski definition) is 3. The Morgan fingerprint density at radius 1 is 1.36 bits per heavy atom. The number of carbonyl (C=O) groups is 1. The minimum Gasteiger partial charge on any atom is -0.493 e. The molecule has 6 nitrogen and oxygen atoms in total. The maximum Gasteiger partial charge on any atom is 0.244 e. The molecule has 28 heavy (non-hydrogen) atoms. The lowest BCUT2D eigenvalue weighted by atomic mass is 10.1. The average Bonchev–Trinajstić information content (AvgIpc) is 3.21. The summed E-state index contributed by atoms with van der Waals surface area (Å²) < 4.78 is 20.8. The Balaban J connectivity index is 1.97. The molecule has 2 rings (SSSR count). The lowest BCUT2D eigenvalue weighted by molar-refractivity contribution is -0.116. The van der Waals surface area contributed by atoms with Gasteiger partial charge in [0.05, 0.1) is 6.61 Å². The summed E-state index contributed by atoms with van der Waals surface area (Å²) in [5.74, 6) is 0.392. The van der Waals surface area contributed by atoms with E-state index in [1.807, 2.05) is 30.5 Å². The van der Waals surface area contributed by atoms with Crippen molar-refractivity contribution in [3.63, 3.8) is 0 Å². The number of rotatable bonds is 9. The van der Waals surface area contributed by atoms with Crippen molar-refractivity contribution >= 4 is 51.6 Å². The van der Waals surface area contributed by atoms with Crippen molar-refractivity contribution in [2.45, 2.75) is 18.2 Å². The summed E-state index contributed by atoms with van der Waals surface area (Å²) in [6.07, 6.45) is 3.91. The first-order chi connectivity index (χ1) is 13.5. The Labute approximate surface area is 177 Å². The first-order valence-corrected chi connectivity index (χ1v) is 11.1. The Morgan fingerprint density at radius 2 is 2.18 bits per heavy atom. The third-order valence-corrected chi connectivity index (χ3v) is 5.96. The van der Waals surface area contributed by atoms with E-state index < -0.39 is 11.0 Å². The van der Waals surface area contributed by atoms with Crippen molar-refractivity contribution in [3.05, 3.63) is 52.2 Å². The summed E-state index contributed by atoms with van der Waals surface area (Å²) in [5.41, 5.74) is 0.937. The highest BCUT2D eigenvalue weighted by Crippen LogP contribution is 2.23. The van der Waals surface area contributed by atoms with E-state index in [0.717, 1.165) is 10.4 Å². The van der Waals surface area contributed by atoms with E-state index in [2.05, 4.69) is 15.4 Å². The molecule has 1 heterocycles. The Bertz CT molecular complexity index is 851. The zero-order valence-corrected chi connectivity index (χ0v) is 18.1. The number of carbonyl (C=O) groups excluding carboxylic acids is 1. The topological polar surface area (TPSA) is 79.5 Å². The van der Waals surface area contributed by atoms with Crippen LogP contribution in [0.3, 0.4) is 0 Å². The molecule has 0 aliphatic heterocycles. The maximum atomic E-state index is 12.6. The molecule has 1 aromatic carbocycles. The molecular formula is C19H23N3O3S3. The molecule has 0 radical (unpaired) electrons. The van der Waals surface area contributed by atoms with Crippen molar-refractivity contribution < 1.29 is 13.7 Å². The molecule has 3 N–H and O–H groups in total. The predicted octanol–water partition coefficient (Wildman–Crippen LogP) is 2.64. The molecule has 9 heteroatoms. The van der Waals surface area contributed by atoms with Crippen LogP contribution in [-0.4, -0.2) is 35.4 Å². The standard InChI is InChI=1S/C19H23N3O3S3/c1-3-25-16-8-6-14(13-17(16)28(24)22-19(26)20-2)10-11-21-18(23)9-7-15-5-4-12-27-15/h4-9,12-13H,3,10-11H2,1-2H3,(H,21,23)(H2,20,22,26)/b9-7+. The number of thiophene rings is 1. The second kappa shape index (κ2) is 11.6. The number of ether oxygens (including phenoxy) is 1. The van der Waals surface area contributed by atoms with Crippen molar-refractivity contribution in [2.24, 2.45) is 0 Å². The van der Waals surface area contributed by atoms with Crippen LogP contribution in [0.15, 0.2) is 46.7 Å². The fourth-order valence-corrected chi connectivity index (χ4v) is 4.04. The molecule has 0 aliphatic carbocycles. The van der Waals surface area contributed by atoms with Crippen LogP contribution in [0, 0.1) is 0 Å². The third-order valence-electron chi connectivity index (χ3n) is 3.58. The van der Waals surface area contributed by atoms with Gasteiger partial charge in [0.25, 0.3) is 0 Å². The van der Waals surface area contributed by atoms with E-state index in [0.29, 0.717) is 30.2 Å². The predicted molar refractivity (Wildman–Crippen MR) is 119 cm³/mol. The van der Waals surface area contributed by atoms with Crippen LogP contribution in [0.2, 0.25) is 0 Å². The molecule has 0 fully saturated rings. The van der Waals surface area contributed by atoms with Crippen molar-refractivity contribution in [2.75, 3.05) is 20.2 Å². The smallest absolute Gasteiger partial charge is 0.244 e. The zero-order chi connectivity index (χ0) is 20.4. The number of hydrogen-bond acceptors (Lipinski definition) is 5. The molecule has 0 aliphatic rings. The Morgan fingerprint density at radius 3 is 2.86 bits per heavy atom. The van der Waals surface area contributed by atoms with Gasteiger partial charge in [-0.2, -0.15) is 0 Å². The van der Waals surface area contributed by atoms with Gasteiger partial charge in [-0.15, -0.1) is 11.3 Å². The van der Waals surface area contributed by atoms with Crippen LogP contribution in [0.1, 0.15) is 17.4 Å². The lowest BCUT2D eigenvalue weighted by Crippen LogP contribution is -2.34. The van der Waals surface area contributed by atoms with E-state index in [-0.39, 0.29) is 11.0 Å². The monoisotopic (exact) mass is 437 g/mol. The molecule has 1 amide bonds. The maximum absolute atomic E-state index is 12.6. The molecule has 1 atom stereocenters. The Kier molecular flexibility index (Phi) is 9.12. The highest BCUT2D eigenvalue weighted by Gasteiger charge is 2.13. The van der Waals surface area contributed by atoms with Crippen LogP contribution >= 0.6 is 23.6 Å². The molecule has 1 aromatic heterocycles. The minimum absolute atomic E-state index is 0.149. The number of benzene rings is 1. The van der Waals surface area contributed by atoms with Crippen LogP contribution in [0.5, 0.6) is 5.75 Å². The summed E-state index contributed by atoms with van der Waals surface area (Å²) in [5, 5.41) is 7.83. The first kappa shape index (κ1) is 22.1. The fraction of sp³-hybridized carbons (Fsp3) is 0.263. The normalized spacial score (nSPS) is 11.8. The van der Waals surface area contributed by atoms with E-state index in [4.69, 9.17) is 17.0 Å². The third kappa shape index (κ3) is 7.06. The highest BCUT2D eigenvalue weighted by atomic mass is 32.2. The minimum atomic E-state index is -1.55. The van der Waals surface area contributed by atoms with Gasteiger partial charge in [0.2, 0.25) is 5.91 Å². The van der Waals surface area contributed by atoms with Crippen LogP contribution < -0.4 is 20.1 Å². The fourth-order valence-electron chi connectivity index (χ4n) is 2.25. The SMILES string of the molecule is CCOc1ccc(CCNC(=O)/C=C/c2cccs2)cc1S(=O)NC(=S)NC. The van der Waals surface area contributed by atoms with E-state index in [1.165, 1.54) is 6.08 Å². The van der Waals surface area contributed by atoms with E-state index in [1.54, 1.807) is 36.6 Å². The number of thiocarbonyl (C=S) groups is 1. The molecule has 0 bridgehead atoms. The summed E-state index contributed by atoms with van der Waals surface area (Å²) in [6, 6.07) is 9.38. The molecule has 1 unspecified atom stereocenters. The van der Waals surface area contributed by atoms with Crippen LogP contribution in [0.25, 0.3) is 6.08 Å². The zero-order valence-electron chi connectivity index (χ0n) is 15.7. The second-order valence-corrected chi connectivity index (χ2v) is 8.12. The molecular weight excluding hydrogens is 414 g/mol. The lowest BCUT2D eigenvalue weighted by Gasteiger charge is -2.13. The summed E-state index contributed by atoms with van der Waals surface area (Å²) in [6.45, 7) is 2.80. The van der Waals surface area contributed by atoms with Gasteiger partial charge in [-0.25, -0.2) is 4.21 Å². The summed E-state index contributed by atoms with van der Waals surface area (Å²) in [4.78, 5) is 13.4. The van der Waals surface area contributed by atoms with Gasteiger partial charge in [-0.1, -0.05) is 12.1 Å². The van der Waals surface area contributed by atoms with Crippen LogP contribution in [0.4, 0.5) is 0 Å². The van der Waals surface area contributed by atoms with E-state index in [9.17, 15) is 9.00 Å². The van der Waals surface area contributed by atoms with Crippen LogP contribution in [-0.2, 0) is 22.2 Å². The number of nitrogens with one attached hydrogen (secondary N) is 3. The second-order valence-electron chi connectivity index (χ2n) is 5.55. The molecule has 0 spiro atoms. The van der Waals surface area contributed by atoms with Crippen molar-refractivity contribution in [1.29, 1.82) is 0 Å². The van der Waals surface area contributed by atoms with Gasteiger partial charge >= 0.3 is 0 Å². The van der Waals surface area contributed by atoms with Crippen molar-refractivity contribution in [3.8, 4) is 5.75 Å². The largest absolute Gasteiger partial charge is 0.493 e. The van der Waals surface area contributed by atoms with E-state index >= 15 is 0 Å². The van der Waals surface area contributed by atoms with Gasteiger partial charge in [0.1, 0.15) is 10.6 Å². The average molecular weight is 438 g/mol. The highest BCUT2D eigenvalue weighted by molar-refractivity contribution is 7.87. The van der Waals surface area contributed by atoms with Gasteiger partial charge in [0, 0.05) is 24.5 Å². The first-order valence-electron chi connectivity index (χ1n) is 8.68. The molecule has 150 valence electrons. The Hall–Kier alpha value is -2.23. The van der Waals surface area contributed by atoms with Gasteiger partial charge in [-0.05, 0) is 60.8 Å². The van der Waals surface area contributed by atoms with Gasteiger partial charge in [0.15, 0.2) is 16.1 Å². The summed E-state index contributed by atoms with van der Waals surface area (Å²) >= 11 is 6.59. The summed E-state index contributed by atoms with van der Waals surface area (Å²) in [7, 11) is 0.107. The molecule has 0 saturated carbocycles. The number of amides is 1. The molecule has 0 saturated heterocycles. The van der Waals surface area contributed by atoms with Gasteiger partial charge < -0.3 is 15.4 Å². The van der Waals surface area contributed by atoms with Gasteiger partial charge in [-0.3, -0.25) is 9.52 Å². The van der Waals surface area contributed by atoms with Crippen molar-refractivity contribution in [1.82, 2.24) is 15.4 Å². The molecule has 2 aromatic rings. The quantitative estimate of drug-likeness (QED) is 0.415.